The maximum atomic E-state index is 5.36. The predicted octanol–water partition coefficient (Wildman–Crippen LogP) is 2.69. The molecule has 0 unspecified atom stereocenters. The fourth-order valence-electron chi connectivity index (χ4n) is 1.92. The summed E-state index contributed by atoms with van der Waals surface area (Å²) in [6.07, 6.45) is 1.79. The molecular formula is C14H16N4O2. The summed E-state index contributed by atoms with van der Waals surface area (Å²) in [4.78, 5) is 8.67. The van der Waals surface area contributed by atoms with Crippen LogP contribution in [0, 0.1) is 6.92 Å². The molecular weight excluding hydrogens is 256 g/mol. The first kappa shape index (κ1) is 12.5. The Morgan fingerprint density at radius 2 is 2.10 bits per heavy atom. The molecule has 3 rings (SSSR count). The number of nitrogens with zero attached hydrogens (tertiary/aromatic N) is 2. The number of rotatable bonds is 4. The van der Waals surface area contributed by atoms with Crippen molar-refractivity contribution < 1.29 is 9.47 Å². The Morgan fingerprint density at radius 3 is 2.95 bits per heavy atom. The van der Waals surface area contributed by atoms with Crippen LogP contribution in [-0.2, 0) is 0 Å². The van der Waals surface area contributed by atoms with Gasteiger partial charge in [0, 0.05) is 30.1 Å². The van der Waals surface area contributed by atoms with Gasteiger partial charge in [-0.2, -0.15) is 4.98 Å². The first-order valence-corrected chi connectivity index (χ1v) is 6.50. The predicted molar refractivity (Wildman–Crippen MR) is 76.8 cm³/mol. The average Bonchev–Trinajstić information content (AvgIpc) is 2.90. The molecule has 0 aliphatic carbocycles. The molecule has 20 heavy (non-hydrogen) atoms. The number of hydrogen-bond acceptors (Lipinski definition) is 6. The molecule has 1 aliphatic rings. The molecule has 6 nitrogen and oxygen atoms in total. The second kappa shape index (κ2) is 5.24. The van der Waals surface area contributed by atoms with Crippen molar-refractivity contribution in [2.75, 3.05) is 24.0 Å². The molecule has 1 aromatic heterocycles. The number of ether oxygens (including phenoxy) is 2. The number of nitrogens with one attached hydrogen (secondary N) is 2. The number of anilines is 3. The van der Waals surface area contributed by atoms with Crippen LogP contribution in [0.2, 0.25) is 0 Å². The minimum absolute atomic E-state index is 0.274. The van der Waals surface area contributed by atoms with Crippen molar-refractivity contribution in [1.82, 2.24) is 9.97 Å². The minimum atomic E-state index is 0.274. The van der Waals surface area contributed by atoms with Gasteiger partial charge >= 0.3 is 0 Å². The van der Waals surface area contributed by atoms with Crippen LogP contribution < -0.4 is 20.1 Å². The molecule has 0 amide bonds. The summed E-state index contributed by atoms with van der Waals surface area (Å²) in [5, 5.41) is 6.37. The normalized spacial score (nSPS) is 12.3. The van der Waals surface area contributed by atoms with E-state index < -0.39 is 0 Å². The Bertz CT molecular complexity index is 631. The summed E-state index contributed by atoms with van der Waals surface area (Å²) in [5.41, 5.74) is 1.88. The zero-order valence-corrected chi connectivity index (χ0v) is 11.4. The number of hydrogen-bond donors (Lipinski definition) is 2. The molecule has 2 aromatic rings. The highest BCUT2D eigenvalue weighted by Crippen LogP contribution is 2.35. The topological polar surface area (TPSA) is 68.3 Å². The van der Waals surface area contributed by atoms with Gasteiger partial charge in [-0.25, -0.2) is 4.98 Å². The number of fused-ring (bicyclic) bond motifs is 1. The maximum absolute atomic E-state index is 5.36. The van der Waals surface area contributed by atoms with Crippen molar-refractivity contribution in [1.29, 1.82) is 0 Å². The molecule has 0 saturated heterocycles. The van der Waals surface area contributed by atoms with Crippen LogP contribution in [0.1, 0.15) is 12.5 Å². The van der Waals surface area contributed by atoms with Crippen molar-refractivity contribution in [3.05, 3.63) is 30.0 Å². The lowest BCUT2D eigenvalue weighted by molar-refractivity contribution is 0.174. The first-order chi connectivity index (χ1) is 9.76. The number of aromatic nitrogens is 2. The van der Waals surface area contributed by atoms with E-state index >= 15 is 0 Å². The number of benzene rings is 1. The van der Waals surface area contributed by atoms with Gasteiger partial charge in [-0.05, 0) is 26.0 Å². The maximum Gasteiger partial charge on any atom is 0.231 e. The highest BCUT2D eigenvalue weighted by atomic mass is 16.7. The van der Waals surface area contributed by atoms with Gasteiger partial charge in [-0.1, -0.05) is 0 Å². The third kappa shape index (κ3) is 2.45. The minimum Gasteiger partial charge on any atom is -0.454 e. The van der Waals surface area contributed by atoms with E-state index in [4.69, 9.17) is 9.47 Å². The molecule has 0 atom stereocenters. The lowest BCUT2D eigenvalue weighted by Gasteiger charge is -2.10. The van der Waals surface area contributed by atoms with E-state index in [-0.39, 0.29) is 6.79 Å². The van der Waals surface area contributed by atoms with Gasteiger partial charge in [0.25, 0.3) is 0 Å². The molecule has 6 heteroatoms. The summed E-state index contributed by atoms with van der Waals surface area (Å²) in [5.74, 6) is 2.90. The fourth-order valence-corrected chi connectivity index (χ4v) is 1.92. The third-order valence-corrected chi connectivity index (χ3v) is 2.94. The van der Waals surface area contributed by atoms with Gasteiger partial charge in [0.05, 0.1) is 0 Å². The highest BCUT2D eigenvalue weighted by molar-refractivity contribution is 5.64. The SMILES string of the molecule is CCNc1ncc(C)c(Nc2ccc3c(c2)OCO3)n1. The quantitative estimate of drug-likeness (QED) is 0.892. The molecule has 0 bridgehead atoms. The summed E-state index contributed by atoms with van der Waals surface area (Å²) in [7, 11) is 0. The smallest absolute Gasteiger partial charge is 0.231 e. The van der Waals surface area contributed by atoms with E-state index in [2.05, 4.69) is 20.6 Å². The first-order valence-electron chi connectivity index (χ1n) is 6.50. The van der Waals surface area contributed by atoms with Crippen LogP contribution in [0.5, 0.6) is 11.5 Å². The van der Waals surface area contributed by atoms with Crippen LogP contribution in [0.15, 0.2) is 24.4 Å². The van der Waals surface area contributed by atoms with E-state index in [1.165, 1.54) is 0 Å². The highest BCUT2D eigenvalue weighted by Gasteiger charge is 2.13. The van der Waals surface area contributed by atoms with Gasteiger partial charge in [-0.3, -0.25) is 0 Å². The summed E-state index contributed by atoms with van der Waals surface area (Å²) < 4.78 is 10.7. The van der Waals surface area contributed by atoms with Crippen LogP contribution in [0.4, 0.5) is 17.5 Å². The average molecular weight is 272 g/mol. The zero-order chi connectivity index (χ0) is 13.9. The molecule has 0 fully saturated rings. The van der Waals surface area contributed by atoms with Crippen molar-refractivity contribution >= 4 is 17.5 Å². The van der Waals surface area contributed by atoms with Crippen LogP contribution in [0.25, 0.3) is 0 Å². The fraction of sp³-hybridized carbons (Fsp3) is 0.286. The Morgan fingerprint density at radius 1 is 1.25 bits per heavy atom. The molecule has 104 valence electrons. The number of aryl methyl sites for hydroxylation is 1. The molecule has 1 aliphatic heterocycles. The second-order valence-electron chi connectivity index (χ2n) is 4.45. The van der Waals surface area contributed by atoms with E-state index in [9.17, 15) is 0 Å². The molecule has 2 N–H and O–H groups in total. The van der Waals surface area contributed by atoms with Crippen molar-refractivity contribution in [2.45, 2.75) is 13.8 Å². The Kier molecular flexibility index (Phi) is 3.28. The van der Waals surface area contributed by atoms with E-state index in [1.807, 2.05) is 32.0 Å². The van der Waals surface area contributed by atoms with Gasteiger partial charge in [0.15, 0.2) is 11.5 Å². The van der Waals surface area contributed by atoms with Crippen LogP contribution in [0.3, 0.4) is 0 Å². The van der Waals surface area contributed by atoms with Gasteiger partial charge in [-0.15, -0.1) is 0 Å². The van der Waals surface area contributed by atoms with Crippen molar-refractivity contribution in [3.63, 3.8) is 0 Å². The van der Waals surface area contributed by atoms with E-state index in [1.54, 1.807) is 6.20 Å². The Hall–Kier alpha value is -2.50. The van der Waals surface area contributed by atoms with Crippen LogP contribution in [-0.4, -0.2) is 23.3 Å². The van der Waals surface area contributed by atoms with Crippen LogP contribution >= 0.6 is 0 Å². The molecule has 1 aromatic carbocycles. The second-order valence-corrected chi connectivity index (χ2v) is 4.45. The van der Waals surface area contributed by atoms with Crippen molar-refractivity contribution in [2.24, 2.45) is 0 Å². The molecule has 0 saturated carbocycles. The monoisotopic (exact) mass is 272 g/mol. The lowest BCUT2D eigenvalue weighted by Crippen LogP contribution is -2.05. The van der Waals surface area contributed by atoms with Gasteiger partial charge in [0.1, 0.15) is 5.82 Å². The molecule has 0 radical (unpaired) electrons. The zero-order valence-electron chi connectivity index (χ0n) is 11.4. The molecule has 0 spiro atoms. The Labute approximate surface area is 117 Å². The summed E-state index contributed by atoms with van der Waals surface area (Å²) >= 11 is 0. The van der Waals surface area contributed by atoms with E-state index in [0.29, 0.717) is 5.95 Å². The van der Waals surface area contributed by atoms with Gasteiger partial charge in [0.2, 0.25) is 12.7 Å². The van der Waals surface area contributed by atoms with Gasteiger partial charge < -0.3 is 20.1 Å². The summed E-state index contributed by atoms with van der Waals surface area (Å²) in [6.45, 7) is 5.03. The third-order valence-electron chi connectivity index (χ3n) is 2.94. The summed E-state index contributed by atoms with van der Waals surface area (Å²) in [6, 6.07) is 5.71. The Balaban J connectivity index is 1.85. The lowest BCUT2D eigenvalue weighted by atomic mass is 10.2. The largest absolute Gasteiger partial charge is 0.454 e. The molecule has 2 heterocycles. The van der Waals surface area contributed by atoms with E-state index in [0.717, 1.165) is 35.1 Å². The standard InChI is InChI=1S/C14H16N4O2/c1-3-15-14-16-7-9(2)13(18-14)17-10-4-5-11-12(6-10)20-8-19-11/h4-7H,3,8H2,1-2H3,(H2,15,16,17,18). The van der Waals surface area contributed by atoms with Crippen molar-refractivity contribution in [3.8, 4) is 11.5 Å².